The topological polar surface area (TPSA) is 20.2 Å². The fraction of sp³-hybridized carbons (Fsp3) is 0.143. The summed E-state index contributed by atoms with van der Waals surface area (Å²) < 4.78 is 13.4. The number of hydrogen-bond acceptors (Lipinski definition) is 1. The van der Waals surface area contributed by atoms with Crippen molar-refractivity contribution in [3.63, 3.8) is 0 Å². The SMILES string of the molecule is Cc1ccc(-c2ccc(C)c(F)c2)cc1O. The molecule has 2 heteroatoms. The molecule has 0 fully saturated rings. The van der Waals surface area contributed by atoms with Gasteiger partial charge in [0.1, 0.15) is 11.6 Å². The third-order valence-corrected chi connectivity index (χ3v) is 2.71. The standard InChI is InChI=1S/C14H13FO/c1-9-3-5-11(7-13(9)15)12-6-4-10(2)14(16)8-12/h3-8,16H,1-2H3. The van der Waals surface area contributed by atoms with Crippen molar-refractivity contribution in [1.82, 2.24) is 0 Å². The van der Waals surface area contributed by atoms with Gasteiger partial charge in [-0.05, 0) is 48.2 Å². The van der Waals surface area contributed by atoms with Gasteiger partial charge in [-0.1, -0.05) is 24.3 Å². The molecule has 0 spiro atoms. The summed E-state index contributed by atoms with van der Waals surface area (Å²) in [5, 5.41) is 9.59. The van der Waals surface area contributed by atoms with Gasteiger partial charge in [0.15, 0.2) is 0 Å². The minimum absolute atomic E-state index is 0.224. The maximum Gasteiger partial charge on any atom is 0.126 e. The van der Waals surface area contributed by atoms with Gasteiger partial charge in [-0.2, -0.15) is 0 Å². The number of benzene rings is 2. The normalized spacial score (nSPS) is 10.4. The number of halogens is 1. The fourth-order valence-electron chi connectivity index (χ4n) is 1.56. The molecule has 82 valence electrons. The monoisotopic (exact) mass is 216 g/mol. The highest BCUT2D eigenvalue weighted by atomic mass is 19.1. The first-order chi connectivity index (χ1) is 7.58. The van der Waals surface area contributed by atoms with E-state index in [0.717, 1.165) is 16.7 Å². The summed E-state index contributed by atoms with van der Waals surface area (Å²) in [6.45, 7) is 3.56. The molecule has 0 bridgehead atoms. The molecular formula is C14H13FO. The molecule has 0 aliphatic carbocycles. The largest absolute Gasteiger partial charge is 0.508 e. The van der Waals surface area contributed by atoms with Crippen LogP contribution in [0.3, 0.4) is 0 Å². The van der Waals surface area contributed by atoms with Crippen molar-refractivity contribution in [2.75, 3.05) is 0 Å². The Morgan fingerprint density at radius 2 is 1.44 bits per heavy atom. The zero-order valence-corrected chi connectivity index (χ0v) is 9.29. The van der Waals surface area contributed by atoms with Crippen LogP contribution in [0.15, 0.2) is 36.4 Å². The van der Waals surface area contributed by atoms with E-state index in [2.05, 4.69) is 0 Å². The van der Waals surface area contributed by atoms with Gasteiger partial charge in [-0.3, -0.25) is 0 Å². The van der Waals surface area contributed by atoms with Crippen molar-refractivity contribution >= 4 is 0 Å². The molecule has 0 atom stereocenters. The van der Waals surface area contributed by atoms with E-state index in [4.69, 9.17) is 0 Å². The molecule has 0 amide bonds. The summed E-state index contributed by atoms with van der Waals surface area (Å²) in [5.41, 5.74) is 3.04. The van der Waals surface area contributed by atoms with Crippen molar-refractivity contribution in [3.05, 3.63) is 53.3 Å². The van der Waals surface area contributed by atoms with E-state index in [1.54, 1.807) is 19.1 Å². The molecule has 0 aromatic heterocycles. The third kappa shape index (κ3) is 1.91. The van der Waals surface area contributed by atoms with E-state index >= 15 is 0 Å². The number of aromatic hydroxyl groups is 1. The maximum absolute atomic E-state index is 13.4. The first-order valence-corrected chi connectivity index (χ1v) is 5.14. The van der Waals surface area contributed by atoms with Gasteiger partial charge in [0.2, 0.25) is 0 Å². The molecule has 0 radical (unpaired) electrons. The lowest BCUT2D eigenvalue weighted by Crippen LogP contribution is -1.85. The highest BCUT2D eigenvalue weighted by Gasteiger charge is 2.04. The van der Waals surface area contributed by atoms with Crippen molar-refractivity contribution < 1.29 is 9.50 Å². The quantitative estimate of drug-likeness (QED) is 0.768. The fourth-order valence-corrected chi connectivity index (χ4v) is 1.56. The number of phenolic OH excluding ortho intramolecular Hbond substituents is 1. The van der Waals surface area contributed by atoms with Crippen LogP contribution in [-0.4, -0.2) is 5.11 Å². The van der Waals surface area contributed by atoms with Crippen molar-refractivity contribution in [1.29, 1.82) is 0 Å². The molecule has 0 saturated heterocycles. The molecule has 0 saturated carbocycles. The summed E-state index contributed by atoms with van der Waals surface area (Å²) in [7, 11) is 0. The van der Waals surface area contributed by atoms with E-state index in [-0.39, 0.29) is 11.6 Å². The lowest BCUT2D eigenvalue weighted by molar-refractivity contribution is 0.471. The second-order valence-electron chi connectivity index (χ2n) is 3.97. The molecule has 0 heterocycles. The smallest absolute Gasteiger partial charge is 0.126 e. The van der Waals surface area contributed by atoms with Crippen LogP contribution in [-0.2, 0) is 0 Å². The van der Waals surface area contributed by atoms with Gasteiger partial charge in [-0.25, -0.2) is 4.39 Å². The zero-order chi connectivity index (χ0) is 11.7. The highest BCUT2D eigenvalue weighted by molar-refractivity contribution is 5.66. The molecule has 0 aliphatic heterocycles. The number of hydrogen-bond donors (Lipinski definition) is 1. The average molecular weight is 216 g/mol. The summed E-state index contributed by atoms with van der Waals surface area (Å²) in [6.07, 6.45) is 0. The third-order valence-electron chi connectivity index (χ3n) is 2.71. The average Bonchev–Trinajstić information content (AvgIpc) is 2.26. The molecular weight excluding hydrogens is 203 g/mol. The van der Waals surface area contributed by atoms with Crippen LogP contribution in [0.5, 0.6) is 5.75 Å². The zero-order valence-electron chi connectivity index (χ0n) is 9.29. The molecule has 16 heavy (non-hydrogen) atoms. The number of aryl methyl sites for hydroxylation is 2. The maximum atomic E-state index is 13.4. The van der Waals surface area contributed by atoms with E-state index in [0.29, 0.717) is 5.56 Å². The van der Waals surface area contributed by atoms with Crippen LogP contribution in [0.1, 0.15) is 11.1 Å². The summed E-state index contributed by atoms with van der Waals surface area (Å²) in [4.78, 5) is 0. The van der Waals surface area contributed by atoms with Crippen molar-refractivity contribution in [2.24, 2.45) is 0 Å². The van der Waals surface area contributed by atoms with E-state index < -0.39 is 0 Å². The summed E-state index contributed by atoms with van der Waals surface area (Å²) >= 11 is 0. The highest BCUT2D eigenvalue weighted by Crippen LogP contribution is 2.27. The molecule has 2 rings (SSSR count). The molecule has 0 unspecified atom stereocenters. The van der Waals surface area contributed by atoms with Crippen LogP contribution in [0, 0.1) is 19.7 Å². The predicted octanol–water partition coefficient (Wildman–Crippen LogP) is 3.82. The lowest BCUT2D eigenvalue weighted by Gasteiger charge is -2.05. The second-order valence-corrected chi connectivity index (χ2v) is 3.97. The number of rotatable bonds is 1. The Morgan fingerprint density at radius 1 is 0.875 bits per heavy atom. The first-order valence-electron chi connectivity index (χ1n) is 5.14. The Bertz CT molecular complexity index is 483. The Labute approximate surface area is 94.2 Å². The van der Waals surface area contributed by atoms with Crippen LogP contribution in [0.2, 0.25) is 0 Å². The predicted molar refractivity (Wildman–Crippen MR) is 63.0 cm³/mol. The van der Waals surface area contributed by atoms with Crippen molar-refractivity contribution in [3.8, 4) is 16.9 Å². The van der Waals surface area contributed by atoms with E-state index in [1.807, 2.05) is 25.1 Å². The molecule has 0 aliphatic rings. The van der Waals surface area contributed by atoms with Gasteiger partial charge in [0.25, 0.3) is 0 Å². The molecule has 1 nitrogen and oxygen atoms in total. The first kappa shape index (κ1) is 10.7. The van der Waals surface area contributed by atoms with Gasteiger partial charge >= 0.3 is 0 Å². The minimum atomic E-state index is -0.224. The Kier molecular flexibility index (Phi) is 2.65. The Morgan fingerprint density at radius 3 is 2.00 bits per heavy atom. The van der Waals surface area contributed by atoms with Gasteiger partial charge < -0.3 is 5.11 Å². The van der Waals surface area contributed by atoms with Gasteiger partial charge in [0, 0.05) is 0 Å². The van der Waals surface area contributed by atoms with Crippen LogP contribution < -0.4 is 0 Å². The van der Waals surface area contributed by atoms with Crippen LogP contribution in [0.25, 0.3) is 11.1 Å². The van der Waals surface area contributed by atoms with E-state index in [1.165, 1.54) is 6.07 Å². The Hall–Kier alpha value is -1.83. The van der Waals surface area contributed by atoms with Crippen LogP contribution >= 0.6 is 0 Å². The minimum Gasteiger partial charge on any atom is -0.508 e. The molecule has 2 aromatic rings. The van der Waals surface area contributed by atoms with Crippen LogP contribution in [0.4, 0.5) is 4.39 Å². The summed E-state index contributed by atoms with van der Waals surface area (Å²) in [5.74, 6) is 0.0102. The van der Waals surface area contributed by atoms with E-state index in [9.17, 15) is 9.50 Å². The number of phenols is 1. The molecule has 2 aromatic carbocycles. The second kappa shape index (κ2) is 3.97. The van der Waals surface area contributed by atoms with Crippen molar-refractivity contribution in [2.45, 2.75) is 13.8 Å². The Balaban J connectivity index is 2.50. The van der Waals surface area contributed by atoms with Gasteiger partial charge in [-0.15, -0.1) is 0 Å². The molecule has 1 N–H and O–H groups in total. The lowest BCUT2D eigenvalue weighted by atomic mass is 10.0. The summed E-state index contributed by atoms with van der Waals surface area (Å²) in [6, 6.07) is 10.4. The van der Waals surface area contributed by atoms with Gasteiger partial charge in [0.05, 0.1) is 0 Å².